The zero-order chi connectivity index (χ0) is 17.8. The summed E-state index contributed by atoms with van der Waals surface area (Å²) < 4.78 is 5.77. The van der Waals surface area contributed by atoms with Crippen molar-refractivity contribution in [2.24, 2.45) is 5.73 Å². The maximum Gasteiger partial charge on any atom is 0.253 e. The van der Waals surface area contributed by atoms with E-state index >= 15 is 0 Å². The average molecular weight is 338 g/mol. The molecule has 4 nitrogen and oxygen atoms in total. The van der Waals surface area contributed by atoms with Crippen molar-refractivity contribution in [3.05, 3.63) is 65.7 Å². The van der Waals surface area contributed by atoms with E-state index in [0.29, 0.717) is 18.7 Å². The Bertz CT molecular complexity index is 700. The molecular formula is C21H26N2O2. The zero-order valence-electron chi connectivity index (χ0n) is 14.9. The molecule has 3 rings (SSSR count). The van der Waals surface area contributed by atoms with Crippen molar-refractivity contribution >= 4 is 5.91 Å². The van der Waals surface area contributed by atoms with Crippen LogP contribution < -0.4 is 10.5 Å². The molecule has 4 heteroatoms. The molecule has 1 heterocycles. The van der Waals surface area contributed by atoms with Crippen molar-refractivity contribution in [3.8, 4) is 5.75 Å². The lowest BCUT2D eigenvalue weighted by atomic mass is 9.95. The number of ether oxygens (including phenoxy) is 1. The fourth-order valence-electron chi connectivity index (χ4n) is 3.22. The summed E-state index contributed by atoms with van der Waals surface area (Å²) in [4.78, 5) is 14.6. The largest absolute Gasteiger partial charge is 0.491 e. The van der Waals surface area contributed by atoms with Gasteiger partial charge in [0.2, 0.25) is 0 Å². The SMILES string of the molecule is CCC(C)Oc1ccc(C(=O)N2C[C@@H](N)[C@H](c3ccccc3)C2)cc1. The van der Waals surface area contributed by atoms with Crippen molar-refractivity contribution in [2.45, 2.75) is 38.3 Å². The van der Waals surface area contributed by atoms with Crippen LogP contribution in [0.1, 0.15) is 42.1 Å². The molecule has 1 aliphatic heterocycles. The van der Waals surface area contributed by atoms with Crippen LogP contribution in [0.4, 0.5) is 0 Å². The Labute approximate surface area is 149 Å². The Kier molecular flexibility index (Phi) is 5.39. The second-order valence-corrected chi connectivity index (χ2v) is 6.75. The van der Waals surface area contributed by atoms with E-state index in [-0.39, 0.29) is 24.0 Å². The third-order valence-electron chi connectivity index (χ3n) is 4.89. The lowest BCUT2D eigenvalue weighted by Crippen LogP contribution is -2.32. The van der Waals surface area contributed by atoms with E-state index in [1.807, 2.05) is 54.3 Å². The van der Waals surface area contributed by atoms with E-state index < -0.39 is 0 Å². The molecule has 0 radical (unpaired) electrons. The summed E-state index contributed by atoms with van der Waals surface area (Å²) in [5, 5.41) is 0. The average Bonchev–Trinajstić information content (AvgIpc) is 3.04. The van der Waals surface area contributed by atoms with Crippen molar-refractivity contribution in [1.29, 1.82) is 0 Å². The summed E-state index contributed by atoms with van der Waals surface area (Å²) >= 11 is 0. The van der Waals surface area contributed by atoms with Gasteiger partial charge in [0.1, 0.15) is 5.75 Å². The molecule has 2 aromatic rings. The first-order valence-corrected chi connectivity index (χ1v) is 8.95. The van der Waals surface area contributed by atoms with Crippen molar-refractivity contribution in [2.75, 3.05) is 13.1 Å². The monoisotopic (exact) mass is 338 g/mol. The summed E-state index contributed by atoms with van der Waals surface area (Å²) in [6.45, 7) is 5.37. The number of carbonyl (C=O) groups excluding carboxylic acids is 1. The molecule has 0 bridgehead atoms. The van der Waals surface area contributed by atoms with Gasteiger partial charge in [-0.25, -0.2) is 0 Å². The third kappa shape index (κ3) is 4.02. The van der Waals surface area contributed by atoms with E-state index in [9.17, 15) is 4.79 Å². The zero-order valence-corrected chi connectivity index (χ0v) is 14.9. The third-order valence-corrected chi connectivity index (χ3v) is 4.89. The Morgan fingerprint density at radius 3 is 2.48 bits per heavy atom. The Balaban J connectivity index is 1.67. The quantitative estimate of drug-likeness (QED) is 0.909. The van der Waals surface area contributed by atoms with Gasteiger partial charge in [-0.2, -0.15) is 0 Å². The fourth-order valence-corrected chi connectivity index (χ4v) is 3.22. The summed E-state index contributed by atoms with van der Waals surface area (Å²) in [5.74, 6) is 1.02. The van der Waals surface area contributed by atoms with Gasteiger partial charge in [-0.3, -0.25) is 4.79 Å². The van der Waals surface area contributed by atoms with Crippen LogP contribution in [0.2, 0.25) is 0 Å². The van der Waals surface area contributed by atoms with Gasteiger partial charge in [-0.05, 0) is 43.2 Å². The number of hydrogen-bond donors (Lipinski definition) is 1. The van der Waals surface area contributed by atoms with Gasteiger partial charge in [0, 0.05) is 30.6 Å². The first-order valence-electron chi connectivity index (χ1n) is 8.95. The molecule has 3 atom stereocenters. The van der Waals surface area contributed by atoms with Crippen LogP contribution in [0.25, 0.3) is 0 Å². The first-order chi connectivity index (χ1) is 12.1. The van der Waals surface area contributed by atoms with Crippen LogP contribution in [-0.2, 0) is 0 Å². The topological polar surface area (TPSA) is 55.6 Å². The normalized spacial score (nSPS) is 21.2. The highest BCUT2D eigenvalue weighted by molar-refractivity contribution is 5.94. The van der Waals surface area contributed by atoms with E-state index in [1.54, 1.807) is 0 Å². The van der Waals surface area contributed by atoms with Gasteiger partial charge in [0.15, 0.2) is 0 Å². The van der Waals surface area contributed by atoms with Gasteiger partial charge >= 0.3 is 0 Å². The highest BCUT2D eigenvalue weighted by atomic mass is 16.5. The van der Waals surface area contributed by atoms with Crippen molar-refractivity contribution in [1.82, 2.24) is 4.90 Å². The van der Waals surface area contributed by atoms with Crippen LogP contribution >= 0.6 is 0 Å². The smallest absolute Gasteiger partial charge is 0.253 e. The van der Waals surface area contributed by atoms with E-state index in [4.69, 9.17) is 10.5 Å². The van der Waals surface area contributed by atoms with Gasteiger partial charge < -0.3 is 15.4 Å². The lowest BCUT2D eigenvalue weighted by molar-refractivity contribution is 0.0789. The minimum atomic E-state index is -0.0284. The van der Waals surface area contributed by atoms with E-state index in [0.717, 1.165) is 12.2 Å². The summed E-state index contributed by atoms with van der Waals surface area (Å²) in [6.07, 6.45) is 1.12. The molecule has 0 aliphatic carbocycles. The summed E-state index contributed by atoms with van der Waals surface area (Å²) in [7, 11) is 0. The molecule has 25 heavy (non-hydrogen) atoms. The molecule has 0 aromatic heterocycles. The predicted molar refractivity (Wildman–Crippen MR) is 99.9 cm³/mol. The van der Waals surface area contributed by atoms with E-state index in [2.05, 4.69) is 19.1 Å². The minimum absolute atomic E-state index is 0.0284. The number of hydrogen-bond acceptors (Lipinski definition) is 3. The first kappa shape index (κ1) is 17.5. The maximum atomic E-state index is 12.8. The number of likely N-dealkylation sites (tertiary alicyclic amines) is 1. The fraction of sp³-hybridized carbons (Fsp3) is 0.381. The summed E-state index contributed by atoms with van der Waals surface area (Å²) in [6, 6.07) is 17.6. The molecule has 0 spiro atoms. The van der Waals surface area contributed by atoms with Gasteiger partial charge in [0.25, 0.3) is 5.91 Å². The van der Waals surface area contributed by atoms with Crippen LogP contribution in [0.15, 0.2) is 54.6 Å². The minimum Gasteiger partial charge on any atom is -0.491 e. The van der Waals surface area contributed by atoms with Gasteiger partial charge in [-0.1, -0.05) is 37.3 Å². The molecule has 1 saturated heterocycles. The predicted octanol–water partition coefficient (Wildman–Crippen LogP) is 3.43. The molecule has 2 aromatic carbocycles. The highest BCUT2D eigenvalue weighted by Crippen LogP contribution is 2.27. The molecule has 1 amide bonds. The molecule has 132 valence electrons. The highest BCUT2D eigenvalue weighted by Gasteiger charge is 2.34. The van der Waals surface area contributed by atoms with Crippen LogP contribution in [0, 0.1) is 0 Å². The van der Waals surface area contributed by atoms with Crippen LogP contribution in [0.3, 0.4) is 0 Å². The molecule has 0 saturated carbocycles. The molecule has 1 aliphatic rings. The van der Waals surface area contributed by atoms with Crippen molar-refractivity contribution in [3.63, 3.8) is 0 Å². The molecule has 2 N–H and O–H groups in total. The van der Waals surface area contributed by atoms with E-state index in [1.165, 1.54) is 5.56 Å². The number of nitrogens with zero attached hydrogens (tertiary/aromatic N) is 1. The maximum absolute atomic E-state index is 12.8. The Morgan fingerprint density at radius 1 is 1.16 bits per heavy atom. The molecular weight excluding hydrogens is 312 g/mol. The molecule has 1 unspecified atom stereocenters. The number of carbonyl (C=O) groups is 1. The Hall–Kier alpha value is -2.33. The molecule has 1 fully saturated rings. The van der Waals surface area contributed by atoms with Crippen molar-refractivity contribution < 1.29 is 9.53 Å². The van der Waals surface area contributed by atoms with Crippen LogP contribution in [0.5, 0.6) is 5.75 Å². The van der Waals surface area contributed by atoms with Gasteiger partial charge in [0.05, 0.1) is 6.10 Å². The number of rotatable bonds is 5. The van der Waals surface area contributed by atoms with Crippen LogP contribution in [-0.4, -0.2) is 36.0 Å². The second kappa shape index (κ2) is 7.70. The summed E-state index contributed by atoms with van der Waals surface area (Å²) in [5.41, 5.74) is 8.17. The van der Waals surface area contributed by atoms with Gasteiger partial charge in [-0.15, -0.1) is 0 Å². The second-order valence-electron chi connectivity index (χ2n) is 6.75. The number of nitrogens with two attached hydrogens (primary N) is 1. The number of amides is 1. The standard InChI is InChI=1S/C21H26N2O2/c1-3-15(2)25-18-11-9-17(10-12-18)21(24)23-13-19(20(22)14-23)16-7-5-4-6-8-16/h4-12,15,19-20H,3,13-14,22H2,1-2H3/t15?,19-,20+/m0/s1. The lowest BCUT2D eigenvalue weighted by Gasteiger charge is -2.17. The number of benzene rings is 2. The Morgan fingerprint density at radius 2 is 1.84 bits per heavy atom.